The van der Waals surface area contributed by atoms with E-state index in [0.29, 0.717) is 18.2 Å². The number of guanidine groups is 1. The molecular formula is C27H37F4N5O2. The third-order valence-corrected chi connectivity index (χ3v) is 6.31. The van der Waals surface area contributed by atoms with Crippen LogP contribution in [0.4, 0.5) is 28.9 Å². The average Bonchev–Trinajstić information content (AvgIpc) is 2.84. The van der Waals surface area contributed by atoms with Crippen molar-refractivity contribution in [1.82, 2.24) is 4.90 Å². The van der Waals surface area contributed by atoms with Crippen LogP contribution >= 0.6 is 0 Å². The average molecular weight is 540 g/mol. The van der Waals surface area contributed by atoms with Crippen LogP contribution in [0.25, 0.3) is 0 Å². The van der Waals surface area contributed by atoms with E-state index in [9.17, 15) is 17.6 Å². The van der Waals surface area contributed by atoms with Gasteiger partial charge in [-0.2, -0.15) is 0 Å². The Bertz CT molecular complexity index is 1100. The zero-order valence-corrected chi connectivity index (χ0v) is 22.8. The Morgan fingerprint density at radius 1 is 1.29 bits per heavy atom. The van der Waals surface area contributed by atoms with E-state index in [2.05, 4.69) is 46.1 Å². The van der Waals surface area contributed by atoms with E-state index in [1.54, 1.807) is 14.0 Å². The van der Waals surface area contributed by atoms with Crippen molar-refractivity contribution < 1.29 is 27.0 Å². The van der Waals surface area contributed by atoms with Crippen molar-refractivity contribution in [2.45, 2.75) is 33.0 Å². The summed E-state index contributed by atoms with van der Waals surface area (Å²) in [6.07, 6.45) is -1.38. The second-order valence-corrected chi connectivity index (χ2v) is 10.3. The molecule has 1 saturated heterocycles. The molecule has 0 radical (unpaired) electrons. The van der Waals surface area contributed by atoms with Crippen molar-refractivity contribution in [2.24, 2.45) is 21.3 Å². The smallest absolute Gasteiger partial charge is 0.222 e. The fraction of sp³-hybridized carbons (Fsp3) is 0.556. The summed E-state index contributed by atoms with van der Waals surface area (Å²) < 4.78 is 65.9. The molecule has 1 aliphatic carbocycles. The van der Waals surface area contributed by atoms with Crippen LogP contribution < -0.4 is 15.0 Å². The second kappa shape index (κ2) is 12.8. The van der Waals surface area contributed by atoms with Gasteiger partial charge in [0, 0.05) is 55.6 Å². The van der Waals surface area contributed by atoms with Crippen LogP contribution in [0.5, 0.6) is 5.75 Å². The molecule has 1 heterocycles. The molecule has 1 aliphatic heterocycles. The van der Waals surface area contributed by atoms with Gasteiger partial charge < -0.3 is 24.6 Å². The molecule has 7 nitrogen and oxygen atoms in total. The standard InChI is InChI=1S/C27H37F4N5O2/c1-7-32-26(33-12-17(2)38-13-19-24(30)20(28)11-21(29)25(19)31)34-18-8-9-22(23(10-18)37-6)36-15-27(3,16-36)14-35(4)5/h8-12,17,19,24H,7,13-16H2,1-6H3,(H,32,34). The molecule has 2 aliphatic rings. The summed E-state index contributed by atoms with van der Waals surface area (Å²) in [7, 11) is 5.78. The number of rotatable bonds is 10. The number of ether oxygens (including phenoxy) is 2. The molecule has 11 heteroatoms. The Hall–Kier alpha value is -2.92. The number of benzene rings is 1. The molecule has 0 saturated carbocycles. The van der Waals surface area contributed by atoms with Gasteiger partial charge in [0.25, 0.3) is 0 Å². The summed E-state index contributed by atoms with van der Waals surface area (Å²) in [6, 6.07) is 5.77. The minimum atomic E-state index is -2.30. The molecule has 0 bridgehead atoms. The normalized spacial score (nSPS) is 22.6. The van der Waals surface area contributed by atoms with Crippen LogP contribution in [-0.2, 0) is 4.74 Å². The van der Waals surface area contributed by atoms with Gasteiger partial charge in [0.1, 0.15) is 17.4 Å². The number of nitrogens with zero attached hydrogens (tertiary/aromatic N) is 4. The van der Waals surface area contributed by atoms with Gasteiger partial charge in [0.05, 0.1) is 31.4 Å². The summed E-state index contributed by atoms with van der Waals surface area (Å²) in [5.74, 6) is -4.82. The molecule has 1 fully saturated rings. The molecule has 210 valence electrons. The van der Waals surface area contributed by atoms with Gasteiger partial charge in [0.2, 0.25) is 5.96 Å². The maximum Gasteiger partial charge on any atom is 0.222 e. The lowest BCUT2D eigenvalue weighted by Gasteiger charge is -2.50. The van der Waals surface area contributed by atoms with E-state index in [1.807, 2.05) is 25.1 Å². The molecule has 0 spiro atoms. The number of aliphatic imine (C=N–C) groups is 2. The number of allylic oxidation sites excluding steroid dienone is 3. The minimum Gasteiger partial charge on any atom is -0.495 e. The molecule has 0 amide bonds. The number of anilines is 2. The molecule has 1 aromatic carbocycles. The fourth-order valence-electron chi connectivity index (χ4n) is 4.72. The number of alkyl halides is 1. The highest BCUT2D eigenvalue weighted by atomic mass is 19.2. The third kappa shape index (κ3) is 7.35. The highest BCUT2D eigenvalue weighted by Crippen LogP contribution is 2.40. The Kier molecular flexibility index (Phi) is 9.94. The first-order chi connectivity index (χ1) is 18.0. The van der Waals surface area contributed by atoms with Crippen molar-refractivity contribution in [3.8, 4) is 5.75 Å². The van der Waals surface area contributed by atoms with E-state index in [-0.39, 0.29) is 11.5 Å². The SMILES string of the molecule is CCN=C(N=CC(C)OCC1C(F)=C(F)C=C(F)C1F)Nc1ccc(N2CC(C)(CN(C)C)C2)c(OC)c1. The predicted octanol–water partition coefficient (Wildman–Crippen LogP) is 5.32. The van der Waals surface area contributed by atoms with Gasteiger partial charge in [-0.15, -0.1) is 0 Å². The number of hydrogen-bond donors (Lipinski definition) is 1. The summed E-state index contributed by atoms with van der Waals surface area (Å²) in [6.45, 7) is 8.49. The number of hydrogen-bond acceptors (Lipinski definition) is 5. The van der Waals surface area contributed by atoms with Gasteiger partial charge in [-0.3, -0.25) is 4.99 Å². The van der Waals surface area contributed by atoms with E-state index in [0.717, 1.165) is 31.1 Å². The Morgan fingerprint density at radius 2 is 2.00 bits per heavy atom. The third-order valence-electron chi connectivity index (χ3n) is 6.31. The van der Waals surface area contributed by atoms with Crippen LogP contribution in [0.15, 0.2) is 51.7 Å². The summed E-state index contributed by atoms with van der Waals surface area (Å²) in [4.78, 5) is 13.1. The lowest BCUT2D eigenvalue weighted by Crippen LogP contribution is -2.58. The van der Waals surface area contributed by atoms with Crippen LogP contribution in [0.2, 0.25) is 0 Å². The van der Waals surface area contributed by atoms with Crippen molar-refractivity contribution in [3.63, 3.8) is 0 Å². The first-order valence-corrected chi connectivity index (χ1v) is 12.6. The molecular weight excluding hydrogens is 502 g/mol. The molecule has 0 aromatic heterocycles. The summed E-state index contributed by atoms with van der Waals surface area (Å²) in [5.41, 5.74) is 1.95. The topological polar surface area (TPSA) is 61.7 Å². The summed E-state index contributed by atoms with van der Waals surface area (Å²) >= 11 is 0. The molecule has 3 atom stereocenters. The first-order valence-electron chi connectivity index (χ1n) is 12.6. The van der Waals surface area contributed by atoms with Crippen molar-refractivity contribution >= 4 is 23.5 Å². The molecule has 1 N–H and O–H groups in total. The van der Waals surface area contributed by atoms with Gasteiger partial charge >= 0.3 is 0 Å². The highest BCUT2D eigenvalue weighted by molar-refractivity contribution is 5.99. The monoisotopic (exact) mass is 539 g/mol. The van der Waals surface area contributed by atoms with Crippen LogP contribution in [-0.4, -0.2) is 83.3 Å². The lowest BCUT2D eigenvalue weighted by atomic mass is 9.81. The molecule has 1 aromatic rings. The van der Waals surface area contributed by atoms with Gasteiger partial charge in [-0.05, 0) is 40.1 Å². The largest absolute Gasteiger partial charge is 0.495 e. The molecule has 3 unspecified atom stereocenters. The van der Waals surface area contributed by atoms with Crippen LogP contribution in [0.3, 0.4) is 0 Å². The fourth-order valence-corrected chi connectivity index (χ4v) is 4.72. The van der Waals surface area contributed by atoms with Crippen molar-refractivity contribution in [2.75, 3.05) is 64.2 Å². The van der Waals surface area contributed by atoms with Crippen molar-refractivity contribution in [1.29, 1.82) is 0 Å². The summed E-state index contributed by atoms with van der Waals surface area (Å²) in [5, 5.41) is 3.14. The second-order valence-electron chi connectivity index (χ2n) is 10.3. The van der Waals surface area contributed by atoms with E-state index >= 15 is 0 Å². The van der Waals surface area contributed by atoms with Crippen molar-refractivity contribution in [3.05, 3.63) is 41.8 Å². The minimum absolute atomic E-state index is 0.216. The van der Waals surface area contributed by atoms with Gasteiger partial charge in [0.15, 0.2) is 12.0 Å². The maximum absolute atomic E-state index is 14.0. The van der Waals surface area contributed by atoms with Crippen LogP contribution in [0, 0.1) is 11.3 Å². The van der Waals surface area contributed by atoms with E-state index in [4.69, 9.17) is 9.47 Å². The zero-order valence-electron chi connectivity index (χ0n) is 22.8. The number of halogens is 4. The number of methoxy groups -OCH3 is 1. The predicted molar refractivity (Wildman–Crippen MR) is 144 cm³/mol. The van der Waals surface area contributed by atoms with E-state index < -0.39 is 42.3 Å². The van der Waals surface area contributed by atoms with Crippen LogP contribution in [0.1, 0.15) is 20.8 Å². The van der Waals surface area contributed by atoms with E-state index in [1.165, 1.54) is 6.21 Å². The van der Waals surface area contributed by atoms with Gasteiger partial charge in [-0.1, -0.05) is 6.92 Å². The lowest BCUT2D eigenvalue weighted by molar-refractivity contribution is 0.0546. The number of nitrogens with one attached hydrogen (secondary N) is 1. The van der Waals surface area contributed by atoms with Gasteiger partial charge in [-0.25, -0.2) is 22.6 Å². The Labute approximate surface area is 221 Å². The Balaban J connectivity index is 1.61. The quantitative estimate of drug-likeness (QED) is 0.248. The molecule has 38 heavy (non-hydrogen) atoms. The first kappa shape index (κ1) is 29.6. The highest BCUT2D eigenvalue weighted by Gasteiger charge is 2.40. The Morgan fingerprint density at radius 3 is 2.63 bits per heavy atom. The maximum atomic E-state index is 14.0. The molecule has 3 rings (SSSR count). The zero-order chi connectivity index (χ0) is 28.0.